The fourth-order valence-corrected chi connectivity index (χ4v) is 5.46. The highest BCUT2D eigenvalue weighted by Gasteiger charge is 2.33. The van der Waals surface area contributed by atoms with Gasteiger partial charge in [-0.2, -0.15) is 9.61 Å². The van der Waals surface area contributed by atoms with Crippen LogP contribution in [0, 0.1) is 20.8 Å². The molecule has 4 rings (SSSR count). The highest BCUT2D eigenvalue weighted by molar-refractivity contribution is 7.92. The second kappa shape index (κ2) is 9.07. The van der Waals surface area contributed by atoms with Crippen molar-refractivity contribution in [1.29, 1.82) is 0 Å². The van der Waals surface area contributed by atoms with Crippen molar-refractivity contribution < 1.29 is 13.2 Å². The molecule has 3 heterocycles. The molecule has 34 heavy (non-hydrogen) atoms. The van der Waals surface area contributed by atoms with Gasteiger partial charge in [0.15, 0.2) is 5.65 Å². The number of carbonyl (C=O) groups excluding carboxylic acids is 1. The molecule has 0 spiro atoms. The SMILES string of the molecule is CNc1c(C)c(C)nc2cc([C@@H]3CCCCN3C(=O)c3cc(Cl)cc(C)c3NS(C)(=O)=O)nn12. The fraction of sp³-hybridized carbons (Fsp3) is 0.435. The first-order valence-electron chi connectivity index (χ1n) is 11.1. The predicted octanol–water partition coefficient (Wildman–Crippen LogP) is 4.09. The zero-order valence-corrected chi connectivity index (χ0v) is 21.5. The number of anilines is 2. The average Bonchev–Trinajstić information content (AvgIpc) is 3.18. The van der Waals surface area contributed by atoms with Gasteiger partial charge in [-0.15, -0.1) is 0 Å². The standard InChI is InChI=1S/C23H29ClN6O3S/c1-13-10-16(24)11-17(21(13)28-34(5,32)33)23(31)29-9-7-6-8-19(29)18-12-20-26-15(3)14(2)22(25-4)30(20)27-18/h10-12,19,25,28H,6-9H2,1-5H3/t19-/m0/s1. The van der Waals surface area contributed by atoms with E-state index in [1.54, 1.807) is 22.4 Å². The van der Waals surface area contributed by atoms with Gasteiger partial charge in [-0.25, -0.2) is 13.4 Å². The first kappa shape index (κ1) is 24.3. The molecule has 1 saturated heterocycles. The van der Waals surface area contributed by atoms with Gasteiger partial charge in [0.2, 0.25) is 10.0 Å². The second-order valence-electron chi connectivity index (χ2n) is 8.79. The summed E-state index contributed by atoms with van der Waals surface area (Å²) in [6.45, 7) is 6.20. The minimum Gasteiger partial charge on any atom is -0.373 e. The fourth-order valence-electron chi connectivity index (χ4n) is 4.54. The van der Waals surface area contributed by atoms with Crippen molar-refractivity contribution in [1.82, 2.24) is 19.5 Å². The van der Waals surface area contributed by atoms with E-state index < -0.39 is 10.0 Å². The molecule has 1 aliphatic rings. The van der Waals surface area contributed by atoms with E-state index in [1.807, 2.05) is 27.0 Å². The van der Waals surface area contributed by atoms with Crippen LogP contribution in [0.1, 0.15) is 58.2 Å². The van der Waals surface area contributed by atoms with E-state index in [2.05, 4.69) is 15.0 Å². The summed E-state index contributed by atoms with van der Waals surface area (Å²) in [5.74, 6) is 0.570. The summed E-state index contributed by atoms with van der Waals surface area (Å²) >= 11 is 6.27. The van der Waals surface area contributed by atoms with Gasteiger partial charge >= 0.3 is 0 Å². The number of aryl methyl sites for hydroxylation is 2. The van der Waals surface area contributed by atoms with Crippen LogP contribution in [0.3, 0.4) is 0 Å². The van der Waals surface area contributed by atoms with Crippen LogP contribution in [0.4, 0.5) is 11.5 Å². The lowest BCUT2D eigenvalue weighted by molar-refractivity contribution is 0.0607. The molecule has 3 aromatic rings. The molecule has 0 bridgehead atoms. The van der Waals surface area contributed by atoms with Crippen molar-refractivity contribution in [3.05, 3.63) is 51.3 Å². The number of halogens is 1. The summed E-state index contributed by atoms with van der Waals surface area (Å²) in [4.78, 5) is 20.2. The van der Waals surface area contributed by atoms with Gasteiger partial charge in [-0.1, -0.05) is 11.6 Å². The molecular weight excluding hydrogens is 476 g/mol. The third-order valence-electron chi connectivity index (χ3n) is 6.26. The van der Waals surface area contributed by atoms with Crippen LogP contribution in [0.15, 0.2) is 18.2 Å². The van der Waals surface area contributed by atoms with Crippen molar-refractivity contribution >= 4 is 44.7 Å². The maximum absolute atomic E-state index is 13.8. The van der Waals surface area contributed by atoms with Gasteiger partial charge < -0.3 is 10.2 Å². The largest absolute Gasteiger partial charge is 0.373 e. The number of fused-ring (bicyclic) bond motifs is 1. The molecule has 1 atom stereocenters. The van der Waals surface area contributed by atoms with Crippen LogP contribution >= 0.6 is 11.6 Å². The molecule has 0 unspecified atom stereocenters. The van der Waals surface area contributed by atoms with Gasteiger partial charge in [-0.3, -0.25) is 9.52 Å². The molecule has 2 N–H and O–H groups in total. The molecule has 1 fully saturated rings. The molecular formula is C23H29ClN6O3S. The minimum atomic E-state index is -3.59. The summed E-state index contributed by atoms with van der Waals surface area (Å²) in [6.07, 6.45) is 3.61. The number of carbonyl (C=O) groups is 1. The smallest absolute Gasteiger partial charge is 0.256 e. The Hall–Kier alpha value is -2.85. The minimum absolute atomic E-state index is 0.229. The number of hydrogen-bond donors (Lipinski definition) is 2. The highest BCUT2D eigenvalue weighted by atomic mass is 35.5. The summed E-state index contributed by atoms with van der Waals surface area (Å²) < 4.78 is 28.3. The number of amides is 1. The number of piperidine rings is 1. The first-order chi connectivity index (χ1) is 16.0. The van der Waals surface area contributed by atoms with E-state index in [0.29, 0.717) is 22.8 Å². The Kier molecular flexibility index (Phi) is 6.48. The quantitative estimate of drug-likeness (QED) is 0.541. The molecule has 0 saturated carbocycles. The molecule has 1 amide bonds. The van der Waals surface area contributed by atoms with Crippen LogP contribution in [0.5, 0.6) is 0 Å². The number of nitrogens with one attached hydrogen (secondary N) is 2. The van der Waals surface area contributed by atoms with Crippen LogP contribution < -0.4 is 10.0 Å². The van der Waals surface area contributed by atoms with Gasteiger partial charge in [0.25, 0.3) is 5.91 Å². The number of hydrogen-bond acceptors (Lipinski definition) is 6. The van der Waals surface area contributed by atoms with Gasteiger partial charge in [0, 0.05) is 35.9 Å². The first-order valence-corrected chi connectivity index (χ1v) is 13.4. The Morgan fingerprint density at radius 3 is 2.59 bits per heavy atom. The van der Waals surface area contributed by atoms with Crippen molar-refractivity contribution in [2.75, 3.05) is 29.9 Å². The van der Waals surface area contributed by atoms with Crippen molar-refractivity contribution in [3.63, 3.8) is 0 Å². The predicted molar refractivity (Wildman–Crippen MR) is 134 cm³/mol. The zero-order chi connectivity index (χ0) is 24.8. The van der Waals surface area contributed by atoms with Crippen LogP contribution in [0.25, 0.3) is 5.65 Å². The van der Waals surface area contributed by atoms with Crippen molar-refractivity contribution in [3.8, 4) is 0 Å². The Morgan fingerprint density at radius 1 is 1.18 bits per heavy atom. The molecule has 11 heteroatoms. The van der Waals surface area contributed by atoms with Gasteiger partial charge in [0.1, 0.15) is 5.82 Å². The maximum Gasteiger partial charge on any atom is 0.256 e. The van der Waals surface area contributed by atoms with Crippen LogP contribution in [-0.4, -0.2) is 53.7 Å². The lowest BCUT2D eigenvalue weighted by atomic mass is 9.97. The van der Waals surface area contributed by atoms with E-state index in [9.17, 15) is 13.2 Å². The molecule has 9 nitrogen and oxygen atoms in total. The molecule has 1 aliphatic heterocycles. The van der Waals surface area contributed by atoms with Crippen molar-refractivity contribution in [2.24, 2.45) is 0 Å². The molecule has 0 radical (unpaired) electrons. The Bertz CT molecular complexity index is 1390. The van der Waals surface area contributed by atoms with E-state index in [-0.39, 0.29) is 23.2 Å². The Morgan fingerprint density at radius 2 is 1.91 bits per heavy atom. The molecule has 1 aromatic carbocycles. The molecule has 2 aromatic heterocycles. The summed E-state index contributed by atoms with van der Waals surface area (Å²) in [5.41, 5.74) is 4.43. The van der Waals surface area contributed by atoms with Crippen LogP contribution in [0.2, 0.25) is 5.02 Å². The number of sulfonamides is 1. The molecule has 0 aliphatic carbocycles. The van der Waals surface area contributed by atoms with E-state index in [4.69, 9.17) is 16.7 Å². The summed E-state index contributed by atoms with van der Waals surface area (Å²) in [5, 5.41) is 8.38. The third-order valence-corrected chi connectivity index (χ3v) is 7.05. The average molecular weight is 505 g/mol. The third kappa shape index (κ3) is 4.56. The number of aromatic nitrogens is 3. The lowest BCUT2D eigenvalue weighted by Crippen LogP contribution is -2.39. The van der Waals surface area contributed by atoms with Gasteiger partial charge in [0.05, 0.1) is 29.2 Å². The maximum atomic E-state index is 13.8. The Balaban J connectivity index is 1.79. The highest BCUT2D eigenvalue weighted by Crippen LogP contribution is 2.35. The van der Waals surface area contributed by atoms with Crippen molar-refractivity contribution in [2.45, 2.75) is 46.1 Å². The second-order valence-corrected chi connectivity index (χ2v) is 11.0. The lowest BCUT2D eigenvalue weighted by Gasteiger charge is -2.35. The van der Waals surface area contributed by atoms with Gasteiger partial charge in [-0.05, 0) is 57.7 Å². The molecule has 182 valence electrons. The zero-order valence-electron chi connectivity index (χ0n) is 19.9. The van der Waals surface area contributed by atoms with E-state index >= 15 is 0 Å². The Labute approximate surface area is 204 Å². The number of nitrogens with zero attached hydrogens (tertiary/aromatic N) is 4. The van der Waals surface area contributed by atoms with E-state index in [0.717, 1.165) is 48.3 Å². The normalized spacial score (nSPS) is 16.6. The number of rotatable bonds is 5. The summed E-state index contributed by atoms with van der Waals surface area (Å²) in [7, 11) is -1.75. The summed E-state index contributed by atoms with van der Waals surface area (Å²) in [6, 6.07) is 4.81. The number of benzene rings is 1. The van der Waals surface area contributed by atoms with Crippen LogP contribution in [-0.2, 0) is 10.0 Å². The van der Waals surface area contributed by atoms with E-state index in [1.165, 1.54) is 6.07 Å². The monoisotopic (exact) mass is 504 g/mol. The topological polar surface area (TPSA) is 109 Å². The number of likely N-dealkylation sites (tertiary alicyclic amines) is 1.